The quantitative estimate of drug-likeness (QED) is 0.613. The molecular formula is C21H22FN7O2. The molecule has 4 heterocycles. The van der Waals surface area contributed by atoms with Crippen LogP contribution in [0.4, 0.5) is 15.8 Å². The summed E-state index contributed by atoms with van der Waals surface area (Å²) in [6.07, 6.45) is 1.70. The number of benzene rings is 1. The fourth-order valence-electron chi connectivity index (χ4n) is 4.24. The summed E-state index contributed by atoms with van der Waals surface area (Å²) >= 11 is 0. The number of rotatable bonds is 4. The highest BCUT2D eigenvalue weighted by Crippen LogP contribution is 2.29. The molecule has 160 valence electrons. The van der Waals surface area contributed by atoms with Crippen molar-refractivity contribution in [2.45, 2.75) is 13.1 Å². The van der Waals surface area contributed by atoms with Gasteiger partial charge >= 0.3 is 0 Å². The summed E-state index contributed by atoms with van der Waals surface area (Å²) in [5, 5.41) is 5.38. The van der Waals surface area contributed by atoms with Gasteiger partial charge in [-0.2, -0.15) is 4.39 Å². The lowest BCUT2D eigenvalue weighted by Crippen LogP contribution is -2.46. The van der Waals surface area contributed by atoms with Gasteiger partial charge in [-0.05, 0) is 29.8 Å². The number of anilines is 2. The van der Waals surface area contributed by atoms with Crippen LogP contribution in [-0.4, -0.2) is 64.5 Å². The number of hydrogen-bond acceptors (Lipinski definition) is 6. The summed E-state index contributed by atoms with van der Waals surface area (Å²) < 4.78 is 16.3. The minimum Gasteiger partial charge on any atom is -0.365 e. The van der Waals surface area contributed by atoms with Gasteiger partial charge in [0.2, 0.25) is 11.9 Å². The van der Waals surface area contributed by atoms with Gasteiger partial charge in [0.15, 0.2) is 0 Å². The van der Waals surface area contributed by atoms with Gasteiger partial charge in [-0.25, -0.2) is 9.97 Å². The predicted molar refractivity (Wildman–Crippen MR) is 113 cm³/mol. The van der Waals surface area contributed by atoms with Crippen LogP contribution < -0.4 is 15.5 Å². The summed E-state index contributed by atoms with van der Waals surface area (Å²) in [5.41, 5.74) is 4.17. The molecule has 0 spiro atoms. The third-order valence-corrected chi connectivity index (χ3v) is 5.77. The standard InChI is InChI=1S/C21H22FN7O2/c1-23-21(31)14-2-3-17(20(22)26-14)28-6-4-27(5-7-28)10-13-8-15-19-16(9-13)25-18(30)11-29(19)12-24-15/h2-3,8-9,12H,4-7,10-11H2,1H3,(H,23,31)(H,25,30). The molecule has 10 heteroatoms. The van der Waals surface area contributed by atoms with Gasteiger partial charge in [0.25, 0.3) is 5.91 Å². The van der Waals surface area contributed by atoms with Gasteiger partial charge in [0.05, 0.1) is 28.7 Å². The maximum absolute atomic E-state index is 14.5. The minimum atomic E-state index is -0.634. The van der Waals surface area contributed by atoms with Crippen molar-refractivity contribution in [3.63, 3.8) is 0 Å². The van der Waals surface area contributed by atoms with E-state index >= 15 is 0 Å². The van der Waals surface area contributed by atoms with E-state index in [0.29, 0.717) is 25.3 Å². The Morgan fingerprint density at radius 1 is 1.23 bits per heavy atom. The molecule has 1 fully saturated rings. The van der Waals surface area contributed by atoms with Gasteiger partial charge in [0.1, 0.15) is 12.2 Å². The first kappa shape index (κ1) is 19.4. The molecule has 0 radical (unpaired) electrons. The topological polar surface area (TPSA) is 95.4 Å². The average Bonchev–Trinajstić information content (AvgIpc) is 3.17. The molecule has 31 heavy (non-hydrogen) atoms. The van der Waals surface area contributed by atoms with Crippen molar-refractivity contribution in [3.05, 3.63) is 47.8 Å². The fraction of sp³-hybridized carbons (Fsp3) is 0.333. The van der Waals surface area contributed by atoms with Gasteiger partial charge < -0.3 is 20.1 Å². The van der Waals surface area contributed by atoms with Gasteiger partial charge in [-0.15, -0.1) is 0 Å². The van der Waals surface area contributed by atoms with Gasteiger partial charge in [0, 0.05) is 39.8 Å². The maximum Gasteiger partial charge on any atom is 0.269 e. The smallest absolute Gasteiger partial charge is 0.269 e. The molecule has 2 aliphatic rings. The molecule has 0 bridgehead atoms. The first-order chi connectivity index (χ1) is 15.0. The second-order valence-electron chi connectivity index (χ2n) is 7.78. The van der Waals surface area contributed by atoms with Crippen LogP contribution in [0.3, 0.4) is 0 Å². The Balaban J connectivity index is 1.27. The molecule has 0 aliphatic carbocycles. The van der Waals surface area contributed by atoms with Crippen molar-refractivity contribution < 1.29 is 14.0 Å². The van der Waals surface area contributed by atoms with Crippen LogP contribution in [0.15, 0.2) is 30.6 Å². The first-order valence-electron chi connectivity index (χ1n) is 10.2. The average molecular weight is 423 g/mol. The van der Waals surface area contributed by atoms with E-state index in [1.54, 1.807) is 12.4 Å². The molecule has 3 aromatic rings. The zero-order valence-corrected chi connectivity index (χ0v) is 17.1. The van der Waals surface area contributed by atoms with Gasteiger partial charge in [-0.3, -0.25) is 14.5 Å². The minimum absolute atomic E-state index is 0.0457. The normalized spacial score (nSPS) is 16.5. The second kappa shape index (κ2) is 7.62. The molecule has 1 aromatic carbocycles. The number of nitrogens with zero attached hydrogens (tertiary/aromatic N) is 5. The van der Waals surface area contributed by atoms with Gasteiger partial charge in [-0.1, -0.05) is 0 Å². The van der Waals surface area contributed by atoms with Crippen LogP contribution in [0.25, 0.3) is 11.0 Å². The zero-order valence-electron chi connectivity index (χ0n) is 17.1. The van der Waals surface area contributed by atoms with Crippen LogP contribution in [0.5, 0.6) is 0 Å². The number of aromatic nitrogens is 3. The third kappa shape index (κ3) is 3.59. The number of imidazole rings is 1. The number of halogens is 1. The molecule has 2 aromatic heterocycles. The van der Waals surface area contributed by atoms with E-state index in [0.717, 1.165) is 41.9 Å². The summed E-state index contributed by atoms with van der Waals surface area (Å²) in [6, 6.07) is 7.21. The Bertz CT molecular complexity index is 1180. The van der Waals surface area contributed by atoms with Crippen molar-refractivity contribution in [2.24, 2.45) is 0 Å². The fourth-order valence-corrected chi connectivity index (χ4v) is 4.24. The molecule has 9 nitrogen and oxygen atoms in total. The zero-order chi connectivity index (χ0) is 21.5. The number of hydrogen-bond donors (Lipinski definition) is 2. The summed E-state index contributed by atoms with van der Waals surface area (Å²) in [6.45, 7) is 3.82. The monoisotopic (exact) mass is 423 g/mol. The van der Waals surface area contributed by atoms with E-state index in [1.807, 2.05) is 15.5 Å². The van der Waals surface area contributed by atoms with E-state index in [1.165, 1.54) is 13.1 Å². The molecule has 5 rings (SSSR count). The van der Waals surface area contributed by atoms with Crippen molar-refractivity contribution in [1.29, 1.82) is 0 Å². The Kier molecular flexibility index (Phi) is 4.78. The second-order valence-corrected chi connectivity index (χ2v) is 7.78. The third-order valence-electron chi connectivity index (χ3n) is 5.77. The number of carbonyl (C=O) groups excluding carboxylic acids is 2. The molecule has 1 saturated heterocycles. The lowest BCUT2D eigenvalue weighted by atomic mass is 10.1. The van der Waals surface area contributed by atoms with Crippen molar-refractivity contribution in [1.82, 2.24) is 24.8 Å². The first-order valence-corrected chi connectivity index (χ1v) is 10.2. The molecule has 0 unspecified atom stereocenters. The molecular weight excluding hydrogens is 401 g/mol. The lowest BCUT2D eigenvalue weighted by Gasteiger charge is -2.36. The highest BCUT2D eigenvalue weighted by Gasteiger charge is 2.23. The Morgan fingerprint density at radius 3 is 2.77 bits per heavy atom. The molecule has 2 N–H and O–H groups in total. The molecule has 0 saturated carbocycles. The van der Waals surface area contributed by atoms with Crippen LogP contribution >= 0.6 is 0 Å². The largest absolute Gasteiger partial charge is 0.365 e. The molecule has 0 atom stereocenters. The number of carbonyl (C=O) groups is 2. The summed E-state index contributed by atoms with van der Waals surface area (Å²) in [5.74, 6) is -1.09. The van der Waals surface area contributed by atoms with Crippen molar-refractivity contribution in [2.75, 3.05) is 43.4 Å². The number of piperazine rings is 1. The van der Waals surface area contributed by atoms with E-state index in [4.69, 9.17) is 0 Å². The Morgan fingerprint density at radius 2 is 2.03 bits per heavy atom. The Hall–Kier alpha value is -3.53. The van der Waals surface area contributed by atoms with Crippen molar-refractivity contribution in [3.8, 4) is 0 Å². The maximum atomic E-state index is 14.5. The molecule has 2 aliphatic heterocycles. The van der Waals surface area contributed by atoms with Crippen LogP contribution in [0.1, 0.15) is 16.1 Å². The van der Waals surface area contributed by atoms with Crippen LogP contribution in [0, 0.1) is 5.95 Å². The van der Waals surface area contributed by atoms with Crippen molar-refractivity contribution >= 4 is 34.2 Å². The Labute approximate surface area is 177 Å². The van der Waals surface area contributed by atoms with E-state index < -0.39 is 11.9 Å². The number of pyridine rings is 1. The summed E-state index contributed by atoms with van der Waals surface area (Å²) in [4.78, 5) is 36.0. The highest BCUT2D eigenvalue weighted by atomic mass is 19.1. The van der Waals surface area contributed by atoms with Crippen LogP contribution in [0.2, 0.25) is 0 Å². The lowest BCUT2D eigenvalue weighted by molar-refractivity contribution is -0.116. The molecule has 2 amide bonds. The summed E-state index contributed by atoms with van der Waals surface area (Å²) in [7, 11) is 1.49. The highest BCUT2D eigenvalue weighted by molar-refractivity contribution is 6.03. The number of amides is 2. The van der Waals surface area contributed by atoms with E-state index in [2.05, 4.69) is 31.6 Å². The van der Waals surface area contributed by atoms with E-state index in [-0.39, 0.29) is 11.6 Å². The van der Waals surface area contributed by atoms with Crippen LogP contribution in [-0.2, 0) is 17.9 Å². The van der Waals surface area contributed by atoms with E-state index in [9.17, 15) is 14.0 Å². The SMILES string of the molecule is CNC(=O)c1ccc(N2CCN(Cc3cc4c5c(c3)ncn5CC(=O)N4)CC2)c(F)n1. The number of nitrogens with one attached hydrogen (secondary N) is 2. The predicted octanol–water partition coefficient (Wildman–Crippen LogP) is 1.20.